The number of nitrogens with zero attached hydrogens (tertiary/aromatic N) is 1. The molecule has 1 aliphatic rings. The molecule has 1 heterocycles. The zero-order chi connectivity index (χ0) is 10.0. The molecule has 0 atom stereocenters. The Morgan fingerprint density at radius 1 is 1.23 bits per heavy atom. The number of rotatable bonds is 1. The van der Waals surface area contributed by atoms with E-state index in [1.807, 2.05) is 0 Å². The van der Waals surface area contributed by atoms with E-state index in [1.54, 1.807) is 25.7 Å². The first kappa shape index (κ1) is 9.96. The van der Waals surface area contributed by atoms with E-state index in [-0.39, 0.29) is 11.7 Å². The van der Waals surface area contributed by atoms with E-state index in [4.69, 9.17) is 0 Å². The summed E-state index contributed by atoms with van der Waals surface area (Å²) in [6.45, 7) is 5.63. The van der Waals surface area contributed by atoms with Crippen LogP contribution in [0.25, 0.3) is 0 Å². The van der Waals surface area contributed by atoms with E-state index >= 15 is 0 Å². The molecular formula is C10H15NO2. The zero-order valence-corrected chi connectivity index (χ0v) is 8.39. The average Bonchev–Trinajstić information content (AvgIpc) is 2.50. The highest BCUT2D eigenvalue weighted by Crippen LogP contribution is 2.24. The molecule has 0 spiro atoms. The maximum absolute atomic E-state index is 11.2. The quantitative estimate of drug-likeness (QED) is 0.575. The van der Waals surface area contributed by atoms with Gasteiger partial charge < -0.3 is 4.90 Å². The first-order valence-electron chi connectivity index (χ1n) is 4.53. The fourth-order valence-electron chi connectivity index (χ4n) is 1.62. The molecule has 0 aromatic carbocycles. The van der Waals surface area contributed by atoms with E-state index < -0.39 is 0 Å². The summed E-state index contributed by atoms with van der Waals surface area (Å²) in [4.78, 5) is 24.0. The van der Waals surface area contributed by atoms with Crippen LogP contribution in [0.15, 0.2) is 11.3 Å². The van der Waals surface area contributed by atoms with Gasteiger partial charge in [0.25, 0.3) is 0 Å². The molecule has 1 fully saturated rings. The van der Waals surface area contributed by atoms with Gasteiger partial charge in [-0.3, -0.25) is 9.59 Å². The van der Waals surface area contributed by atoms with Gasteiger partial charge in [-0.25, -0.2) is 0 Å². The minimum absolute atomic E-state index is 0.0353. The standard InChI is InChI=1S/C10H15NO2/c1-7(8(2)12)10-5-4-6-11(10)9(3)13/h4-6H2,1-3H3. The second kappa shape index (κ2) is 3.73. The largest absolute Gasteiger partial charge is 0.316 e. The molecular weight excluding hydrogens is 166 g/mol. The molecule has 3 nitrogen and oxygen atoms in total. The van der Waals surface area contributed by atoms with Crippen molar-refractivity contribution in [3.63, 3.8) is 0 Å². The lowest BCUT2D eigenvalue weighted by molar-refractivity contribution is -0.126. The van der Waals surface area contributed by atoms with E-state index in [0.29, 0.717) is 0 Å². The number of hydrogen-bond acceptors (Lipinski definition) is 2. The molecule has 1 amide bonds. The van der Waals surface area contributed by atoms with Gasteiger partial charge in [0.15, 0.2) is 5.78 Å². The van der Waals surface area contributed by atoms with Gasteiger partial charge in [-0.15, -0.1) is 0 Å². The van der Waals surface area contributed by atoms with E-state index in [1.165, 1.54) is 0 Å². The summed E-state index contributed by atoms with van der Waals surface area (Å²) in [5.74, 6) is 0.0938. The lowest BCUT2D eigenvalue weighted by Crippen LogP contribution is -2.24. The number of Topliss-reactive ketones (excluding diaryl/α,β-unsaturated/α-hetero) is 1. The molecule has 1 saturated heterocycles. The van der Waals surface area contributed by atoms with Crippen molar-refractivity contribution >= 4 is 11.7 Å². The minimum atomic E-state index is 0.0353. The second-order valence-corrected chi connectivity index (χ2v) is 3.40. The van der Waals surface area contributed by atoms with Crippen molar-refractivity contribution in [2.45, 2.75) is 33.6 Å². The highest BCUT2D eigenvalue weighted by molar-refractivity contribution is 5.94. The molecule has 0 radical (unpaired) electrons. The van der Waals surface area contributed by atoms with Crippen LogP contribution in [0.1, 0.15) is 33.6 Å². The summed E-state index contributed by atoms with van der Waals surface area (Å²) in [5, 5.41) is 0. The van der Waals surface area contributed by atoms with Crippen molar-refractivity contribution in [1.82, 2.24) is 4.90 Å². The molecule has 1 aliphatic heterocycles. The van der Waals surface area contributed by atoms with Gasteiger partial charge in [0.2, 0.25) is 5.91 Å². The van der Waals surface area contributed by atoms with Crippen molar-refractivity contribution < 1.29 is 9.59 Å². The lowest BCUT2D eigenvalue weighted by atomic mass is 10.1. The third-order valence-corrected chi connectivity index (χ3v) is 2.46. The third-order valence-electron chi connectivity index (χ3n) is 2.46. The van der Waals surface area contributed by atoms with Crippen molar-refractivity contribution in [1.29, 1.82) is 0 Å². The van der Waals surface area contributed by atoms with E-state index in [0.717, 1.165) is 30.7 Å². The van der Waals surface area contributed by atoms with Gasteiger partial charge >= 0.3 is 0 Å². The van der Waals surface area contributed by atoms with Crippen LogP contribution in [0.4, 0.5) is 0 Å². The highest BCUT2D eigenvalue weighted by atomic mass is 16.2. The van der Waals surface area contributed by atoms with E-state index in [2.05, 4.69) is 0 Å². The number of hydrogen-bond donors (Lipinski definition) is 0. The Morgan fingerprint density at radius 2 is 1.85 bits per heavy atom. The summed E-state index contributed by atoms with van der Waals surface area (Å²) in [5.41, 5.74) is 1.65. The first-order chi connectivity index (χ1) is 6.04. The monoisotopic (exact) mass is 181 g/mol. The van der Waals surface area contributed by atoms with Gasteiger partial charge in [-0.05, 0) is 26.7 Å². The Labute approximate surface area is 78.4 Å². The third kappa shape index (κ3) is 1.97. The molecule has 0 bridgehead atoms. The number of amides is 1. The van der Waals surface area contributed by atoms with Crippen LogP contribution in [0.5, 0.6) is 0 Å². The Morgan fingerprint density at radius 3 is 2.31 bits per heavy atom. The smallest absolute Gasteiger partial charge is 0.223 e. The lowest BCUT2D eigenvalue weighted by Gasteiger charge is -2.17. The van der Waals surface area contributed by atoms with Gasteiger partial charge in [0, 0.05) is 24.7 Å². The Hall–Kier alpha value is -1.12. The number of ketones is 1. The number of carbonyl (C=O) groups excluding carboxylic acids is 2. The predicted molar refractivity (Wildman–Crippen MR) is 50.0 cm³/mol. The summed E-state index contributed by atoms with van der Waals surface area (Å²) >= 11 is 0. The van der Waals surface area contributed by atoms with Crippen molar-refractivity contribution in [2.75, 3.05) is 6.54 Å². The van der Waals surface area contributed by atoms with E-state index in [9.17, 15) is 9.59 Å². The number of carbonyl (C=O) groups is 2. The summed E-state index contributed by atoms with van der Waals surface area (Å²) in [6, 6.07) is 0. The molecule has 72 valence electrons. The predicted octanol–water partition coefficient (Wildman–Crippen LogP) is 1.49. The van der Waals surface area contributed by atoms with Gasteiger partial charge in [-0.2, -0.15) is 0 Å². The summed E-state index contributed by atoms with van der Waals surface area (Å²) in [7, 11) is 0. The molecule has 0 aliphatic carbocycles. The Bertz CT molecular complexity index is 279. The van der Waals surface area contributed by atoms with Crippen molar-refractivity contribution in [2.24, 2.45) is 0 Å². The molecule has 0 N–H and O–H groups in total. The van der Waals surface area contributed by atoms with Gasteiger partial charge in [0.1, 0.15) is 0 Å². The minimum Gasteiger partial charge on any atom is -0.316 e. The van der Waals surface area contributed by atoms with Crippen LogP contribution in [0.3, 0.4) is 0 Å². The molecule has 0 unspecified atom stereocenters. The summed E-state index contributed by atoms with van der Waals surface area (Å²) < 4.78 is 0. The van der Waals surface area contributed by atoms with Crippen LogP contribution < -0.4 is 0 Å². The zero-order valence-electron chi connectivity index (χ0n) is 8.39. The molecule has 0 aromatic rings. The molecule has 0 saturated carbocycles. The maximum atomic E-state index is 11.2. The topological polar surface area (TPSA) is 37.4 Å². The Balaban J connectivity index is 2.97. The molecule has 3 heteroatoms. The molecule has 13 heavy (non-hydrogen) atoms. The van der Waals surface area contributed by atoms with Crippen molar-refractivity contribution in [3.8, 4) is 0 Å². The molecule has 0 aromatic heterocycles. The SMILES string of the molecule is CC(=O)C(C)=C1CCCN1C(C)=O. The van der Waals surface area contributed by atoms with Crippen LogP contribution in [0, 0.1) is 0 Å². The van der Waals surface area contributed by atoms with Crippen LogP contribution in [-0.4, -0.2) is 23.1 Å². The second-order valence-electron chi connectivity index (χ2n) is 3.40. The molecule has 1 rings (SSSR count). The van der Waals surface area contributed by atoms with Crippen molar-refractivity contribution in [3.05, 3.63) is 11.3 Å². The van der Waals surface area contributed by atoms with Crippen LogP contribution in [0.2, 0.25) is 0 Å². The summed E-state index contributed by atoms with van der Waals surface area (Å²) in [6.07, 6.45) is 1.82. The number of allylic oxidation sites excluding steroid dienone is 2. The maximum Gasteiger partial charge on any atom is 0.223 e. The van der Waals surface area contributed by atoms with Crippen LogP contribution >= 0.6 is 0 Å². The van der Waals surface area contributed by atoms with Gasteiger partial charge in [-0.1, -0.05) is 0 Å². The fraction of sp³-hybridized carbons (Fsp3) is 0.600. The first-order valence-corrected chi connectivity index (χ1v) is 4.53. The number of likely N-dealkylation sites (tertiary alicyclic amines) is 1. The van der Waals surface area contributed by atoms with Crippen LogP contribution in [-0.2, 0) is 9.59 Å². The average molecular weight is 181 g/mol. The highest BCUT2D eigenvalue weighted by Gasteiger charge is 2.23. The Kier molecular flexibility index (Phi) is 2.86. The van der Waals surface area contributed by atoms with Gasteiger partial charge in [0.05, 0.1) is 0 Å². The normalized spacial score (nSPS) is 20.4. The fourth-order valence-corrected chi connectivity index (χ4v) is 1.62.